The first-order valence-corrected chi connectivity index (χ1v) is 9.42. The Morgan fingerprint density at radius 2 is 2.24 bits per heavy atom. The van der Waals surface area contributed by atoms with Crippen LogP contribution in [0.4, 0.5) is 5.69 Å². The molecule has 0 aliphatic carbocycles. The molecule has 0 unspecified atom stereocenters. The number of H-pyrrole nitrogens is 1. The maximum atomic E-state index is 12.1. The summed E-state index contributed by atoms with van der Waals surface area (Å²) in [5, 5.41) is 9.82. The van der Waals surface area contributed by atoms with Crippen LogP contribution < -0.4 is 11.0 Å². The van der Waals surface area contributed by atoms with Crippen molar-refractivity contribution in [3.8, 4) is 0 Å². The van der Waals surface area contributed by atoms with Crippen LogP contribution in [0.3, 0.4) is 0 Å². The van der Waals surface area contributed by atoms with E-state index < -0.39 is 0 Å². The predicted molar refractivity (Wildman–Crippen MR) is 97.0 cm³/mol. The monoisotopic (exact) mass is 362 g/mol. The molecule has 1 aromatic carbocycles. The van der Waals surface area contributed by atoms with Crippen LogP contribution in [0.15, 0.2) is 34.2 Å². The topological polar surface area (TPSA) is 89.0 Å². The first kappa shape index (κ1) is 17.8. The minimum absolute atomic E-state index is 0.0422. The summed E-state index contributed by atoms with van der Waals surface area (Å²) >= 11 is 1.24. The van der Waals surface area contributed by atoms with Crippen LogP contribution in [0.2, 0.25) is 0 Å². The average Bonchev–Trinajstić information content (AvgIpc) is 3.25. The number of carbonyl (C=O) groups excluding carboxylic acids is 1. The van der Waals surface area contributed by atoms with Gasteiger partial charge in [0.25, 0.3) is 0 Å². The molecule has 3 rings (SSSR count). The second-order valence-electron chi connectivity index (χ2n) is 5.94. The molecule has 1 atom stereocenters. The highest BCUT2D eigenvalue weighted by molar-refractivity contribution is 7.99. The standard InChI is InChI=1S/C17H22N4O3S/c1-2-12-5-7-13(8-6-12)18-15(22)11-25-17-20-19-16(23)21(17)10-14-4-3-9-24-14/h5-8,14H,2-4,9-11H2,1H3,(H,18,22)(H,19,23)/t14-/m1/s1. The van der Waals surface area contributed by atoms with E-state index >= 15 is 0 Å². The Kier molecular flexibility index (Phi) is 5.93. The van der Waals surface area contributed by atoms with Crippen LogP contribution in [0.5, 0.6) is 0 Å². The van der Waals surface area contributed by atoms with Gasteiger partial charge in [0.15, 0.2) is 5.16 Å². The van der Waals surface area contributed by atoms with Gasteiger partial charge in [-0.15, -0.1) is 5.10 Å². The minimum Gasteiger partial charge on any atom is -0.376 e. The van der Waals surface area contributed by atoms with Gasteiger partial charge in [-0.25, -0.2) is 9.89 Å². The highest BCUT2D eigenvalue weighted by Crippen LogP contribution is 2.18. The number of aryl methyl sites for hydroxylation is 1. The fourth-order valence-electron chi connectivity index (χ4n) is 2.72. The lowest BCUT2D eigenvalue weighted by Gasteiger charge is -2.11. The number of hydrogen-bond acceptors (Lipinski definition) is 5. The first-order chi connectivity index (χ1) is 12.2. The average molecular weight is 362 g/mol. The fraction of sp³-hybridized carbons (Fsp3) is 0.471. The summed E-state index contributed by atoms with van der Waals surface area (Å²) in [5.41, 5.74) is 1.72. The number of thioether (sulfide) groups is 1. The van der Waals surface area contributed by atoms with E-state index in [0.717, 1.165) is 31.6 Å². The van der Waals surface area contributed by atoms with E-state index in [-0.39, 0.29) is 23.5 Å². The smallest absolute Gasteiger partial charge is 0.344 e. The largest absolute Gasteiger partial charge is 0.376 e. The van der Waals surface area contributed by atoms with Gasteiger partial charge in [0.2, 0.25) is 5.91 Å². The Labute approximate surface area is 150 Å². The van der Waals surface area contributed by atoms with Crippen molar-refractivity contribution in [3.05, 3.63) is 40.3 Å². The molecule has 8 heteroatoms. The summed E-state index contributed by atoms with van der Waals surface area (Å²) in [6.45, 7) is 3.29. The number of rotatable bonds is 7. The first-order valence-electron chi connectivity index (χ1n) is 8.44. The molecule has 1 fully saturated rings. The molecular formula is C17H22N4O3S. The minimum atomic E-state index is -0.270. The van der Waals surface area contributed by atoms with Crippen LogP contribution >= 0.6 is 11.8 Å². The SMILES string of the molecule is CCc1ccc(NC(=O)CSc2n[nH]c(=O)n2C[C@H]2CCCO2)cc1. The number of amides is 1. The molecule has 0 saturated carbocycles. The van der Waals surface area contributed by atoms with E-state index in [1.807, 2.05) is 24.3 Å². The molecule has 2 aromatic rings. The van der Waals surface area contributed by atoms with Gasteiger partial charge < -0.3 is 10.1 Å². The fourth-order valence-corrected chi connectivity index (χ4v) is 3.47. The van der Waals surface area contributed by atoms with Crippen LogP contribution in [0.25, 0.3) is 0 Å². The third-order valence-corrected chi connectivity index (χ3v) is 5.09. The van der Waals surface area contributed by atoms with Crippen LogP contribution in [0.1, 0.15) is 25.3 Å². The molecule has 0 spiro atoms. The van der Waals surface area contributed by atoms with Crippen LogP contribution in [0, 0.1) is 0 Å². The lowest BCUT2D eigenvalue weighted by Crippen LogP contribution is -2.25. The van der Waals surface area contributed by atoms with Crippen molar-refractivity contribution in [2.24, 2.45) is 0 Å². The molecule has 0 bridgehead atoms. The zero-order valence-corrected chi connectivity index (χ0v) is 15.0. The van der Waals surface area contributed by atoms with E-state index in [2.05, 4.69) is 22.4 Å². The molecule has 0 radical (unpaired) electrons. The maximum Gasteiger partial charge on any atom is 0.344 e. The molecule has 1 aliphatic heterocycles. The van der Waals surface area contributed by atoms with Gasteiger partial charge in [-0.05, 0) is 37.0 Å². The summed E-state index contributed by atoms with van der Waals surface area (Å²) in [4.78, 5) is 24.0. The quantitative estimate of drug-likeness (QED) is 0.736. The van der Waals surface area contributed by atoms with Gasteiger partial charge in [0.05, 0.1) is 18.4 Å². The lowest BCUT2D eigenvalue weighted by atomic mass is 10.1. The molecule has 2 N–H and O–H groups in total. The molecule has 1 amide bonds. The number of ether oxygens (including phenoxy) is 1. The van der Waals surface area contributed by atoms with Crippen molar-refractivity contribution in [2.45, 2.75) is 44.0 Å². The van der Waals surface area contributed by atoms with Crippen molar-refractivity contribution in [3.63, 3.8) is 0 Å². The van der Waals surface area contributed by atoms with E-state index in [0.29, 0.717) is 11.7 Å². The zero-order valence-electron chi connectivity index (χ0n) is 14.2. The van der Waals surface area contributed by atoms with Gasteiger partial charge in [0, 0.05) is 12.3 Å². The van der Waals surface area contributed by atoms with Crippen molar-refractivity contribution < 1.29 is 9.53 Å². The second-order valence-corrected chi connectivity index (χ2v) is 6.89. The molecule has 2 heterocycles. The molecule has 1 saturated heterocycles. The molecular weight excluding hydrogens is 340 g/mol. The number of aromatic amines is 1. The van der Waals surface area contributed by atoms with Crippen molar-refractivity contribution in [1.82, 2.24) is 14.8 Å². The Balaban J connectivity index is 1.55. The third-order valence-electron chi connectivity index (χ3n) is 4.11. The molecule has 25 heavy (non-hydrogen) atoms. The van der Waals surface area contributed by atoms with Crippen LogP contribution in [-0.4, -0.2) is 39.1 Å². The Morgan fingerprint density at radius 1 is 1.44 bits per heavy atom. The number of benzene rings is 1. The van der Waals surface area contributed by atoms with E-state index in [9.17, 15) is 9.59 Å². The molecule has 134 valence electrons. The molecule has 7 nitrogen and oxygen atoms in total. The van der Waals surface area contributed by atoms with E-state index in [1.165, 1.54) is 17.3 Å². The predicted octanol–water partition coefficient (Wildman–Crippen LogP) is 2.04. The van der Waals surface area contributed by atoms with Gasteiger partial charge in [-0.3, -0.25) is 9.36 Å². The summed E-state index contributed by atoms with van der Waals surface area (Å²) < 4.78 is 7.12. The Bertz CT molecular complexity index is 763. The zero-order chi connectivity index (χ0) is 17.6. The van der Waals surface area contributed by atoms with Gasteiger partial charge in [-0.1, -0.05) is 30.8 Å². The Hall–Kier alpha value is -2.06. The maximum absolute atomic E-state index is 12.1. The summed E-state index contributed by atoms with van der Waals surface area (Å²) in [6, 6.07) is 7.78. The molecule has 1 aromatic heterocycles. The number of hydrogen-bond donors (Lipinski definition) is 2. The van der Waals surface area contributed by atoms with Crippen molar-refractivity contribution >= 4 is 23.4 Å². The summed E-state index contributed by atoms with van der Waals surface area (Å²) in [5.74, 6) is 0.0547. The van der Waals surface area contributed by atoms with Gasteiger partial charge in [-0.2, -0.15) is 0 Å². The number of anilines is 1. The van der Waals surface area contributed by atoms with Crippen molar-refractivity contribution in [2.75, 3.05) is 17.7 Å². The Morgan fingerprint density at radius 3 is 2.92 bits per heavy atom. The molecule has 1 aliphatic rings. The van der Waals surface area contributed by atoms with Gasteiger partial charge >= 0.3 is 5.69 Å². The van der Waals surface area contributed by atoms with Gasteiger partial charge in [0.1, 0.15) is 0 Å². The van der Waals surface area contributed by atoms with Crippen molar-refractivity contribution in [1.29, 1.82) is 0 Å². The van der Waals surface area contributed by atoms with E-state index in [4.69, 9.17) is 4.74 Å². The highest BCUT2D eigenvalue weighted by Gasteiger charge is 2.20. The number of nitrogens with zero attached hydrogens (tertiary/aromatic N) is 2. The summed E-state index contributed by atoms with van der Waals surface area (Å²) in [7, 11) is 0. The summed E-state index contributed by atoms with van der Waals surface area (Å²) in [6.07, 6.45) is 2.96. The number of carbonyl (C=O) groups is 1. The normalized spacial score (nSPS) is 16.9. The number of aromatic nitrogens is 3. The highest BCUT2D eigenvalue weighted by atomic mass is 32.2. The van der Waals surface area contributed by atoms with Crippen LogP contribution in [-0.2, 0) is 22.5 Å². The lowest BCUT2D eigenvalue weighted by molar-refractivity contribution is -0.113. The number of nitrogens with one attached hydrogen (secondary N) is 2. The third kappa shape index (κ3) is 4.73. The van der Waals surface area contributed by atoms with E-state index in [1.54, 1.807) is 4.57 Å². The second kappa shape index (κ2) is 8.35.